The third-order valence-electron chi connectivity index (χ3n) is 4.14. The van der Waals surface area contributed by atoms with E-state index in [0.29, 0.717) is 53.1 Å². The van der Waals surface area contributed by atoms with Gasteiger partial charge in [-0.1, -0.05) is 23.2 Å². The lowest BCUT2D eigenvalue weighted by molar-refractivity contribution is 0.0730. The molecular weight excluding hydrogens is 413 g/mol. The fourth-order valence-electron chi connectivity index (χ4n) is 2.77. The lowest BCUT2D eigenvalue weighted by Crippen LogP contribution is -2.40. The maximum atomic E-state index is 12.8. The first-order valence-corrected chi connectivity index (χ1v) is 10.3. The van der Waals surface area contributed by atoms with Gasteiger partial charge in [-0.3, -0.25) is 0 Å². The summed E-state index contributed by atoms with van der Waals surface area (Å²) in [5, 5.41) is 3.82. The van der Waals surface area contributed by atoms with Crippen LogP contribution in [0.15, 0.2) is 45.7 Å². The van der Waals surface area contributed by atoms with E-state index in [0.717, 1.165) is 0 Å². The van der Waals surface area contributed by atoms with Gasteiger partial charge in [0.2, 0.25) is 10.0 Å². The molecule has 0 spiro atoms. The summed E-state index contributed by atoms with van der Waals surface area (Å²) < 4.78 is 37.9. The molecule has 1 N–H and O–H groups in total. The lowest BCUT2D eigenvalue weighted by atomic mass is 10.3. The maximum absolute atomic E-state index is 12.8. The van der Waals surface area contributed by atoms with E-state index in [-0.39, 0.29) is 10.9 Å². The molecule has 0 aliphatic carbocycles. The van der Waals surface area contributed by atoms with Gasteiger partial charge >= 0.3 is 0 Å². The van der Waals surface area contributed by atoms with Crippen LogP contribution in [-0.4, -0.2) is 44.0 Å². The van der Waals surface area contributed by atoms with Crippen molar-refractivity contribution in [3.63, 3.8) is 0 Å². The monoisotopic (exact) mass is 427 g/mol. The molecule has 10 heteroatoms. The molecule has 3 aromatic rings. The standard InChI is InChI=1S/C17H15Cl2N3O4S/c18-11-1-4-16-15(9-11)21-17(26-16)20-14-10-12(2-3-13(14)19)27(23,24)22-5-7-25-8-6-22/h1-4,9-10H,5-8H2,(H,20,21). The van der Waals surface area contributed by atoms with Gasteiger partial charge in [0.05, 0.1) is 28.8 Å². The number of ether oxygens (including phenoxy) is 1. The lowest BCUT2D eigenvalue weighted by Gasteiger charge is -2.26. The topological polar surface area (TPSA) is 84.7 Å². The molecule has 1 fully saturated rings. The first kappa shape index (κ1) is 18.5. The molecule has 1 aliphatic rings. The number of aromatic nitrogens is 1. The number of nitrogens with one attached hydrogen (secondary N) is 1. The van der Waals surface area contributed by atoms with Crippen LogP contribution >= 0.6 is 23.2 Å². The fourth-order valence-corrected chi connectivity index (χ4v) is 4.53. The van der Waals surface area contributed by atoms with Gasteiger partial charge in [-0.15, -0.1) is 0 Å². The van der Waals surface area contributed by atoms with E-state index in [9.17, 15) is 8.42 Å². The summed E-state index contributed by atoms with van der Waals surface area (Å²) in [4.78, 5) is 4.43. The molecular formula is C17H15Cl2N3O4S. The third kappa shape index (κ3) is 3.76. The van der Waals surface area contributed by atoms with E-state index in [1.807, 2.05) is 0 Å². The van der Waals surface area contributed by atoms with Crippen molar-refractivity contribution in [3.8, 4) is 0 Å². The van der Waals surface area contributed by atoms with Crippen molar-refractivity contribution in [2.75, 3.05) is 31.6 Å². The molecule has 0 bridgehead atoms. The number of rotatable bonds is 4. The number of fused-ring (bicyclic) bond motifs is 1. The van der Waals surface area contributed by atoms with Gasteiger partial charge in [-0.05, 0) is 36.4 Å². The van der Waals surface area contributed by atoms with Crippen molar-refractivity contribution in [2.45, 2.75) is 4.90 Å². The van der Waals surface area contributed by atoms with Gasteiger partial charge in [0.15, 0.2) is 5.58 Å². The number of nitrogens with zero attached hydrogens (tertiary/aromatic N) is 2. The molecule has 0 saturated carbocycles. The van der Waals surface area contributed by atoms with Gasteiger partial charge in [-0.2, -0.15) is 9.29 Å². The van der Waals surface area contributed by atoms with Crippen molar-refractivity contribution in [2.24, 2.45) is 0 Å². The largest absolute Gasteiger partial charge is 0.423 e. The number of sulfonamides is 1. The number of morpholine rings is 1. The molecule has 2 heterocycles. The summed E-state index contributed by atoms with van der Waals surface area (Å²) in [6.45, 7) is 1.39. The molecule has 0 radical (unpaired) electrons. The quantitative estimate of drug-likeness (QED) is 0.679. The van der Waals surface area contributed by atoms with E-state index in [2.05, 4.69) is 10.3 Å². The fraction of sp³-hybridized carbons (Fsp3) is 0.235. The van der Waals surface area contributed by atoms with Crippen LogP contribution in [0.4, 0.5) is 11.7 Å². The van der Waals surface area contributed by atoms with Gasteiger partial charge in [0, 0.05) is 18.1 Å². The van der Waals surface area contributed by atoms with E-state index in [1.165, 1.54) is 22.5 Å². The number of anilines is 2. The number of hydrogen-bond acceptors (Lipinski definition) is 6. The first-order valence-electron chi connectivity index (χ1n) is 8.14. The highest BCUT2D eigenvalue weighted by Gasteiger charge is 2.27. The zero-order valence-corrected chi connectivity index (χ0v) is 16.3. The smallest absolute Gasteiger partial charge is 0.300 e. The molecule has 142 valence electrons. The van der Waals surface area contributed by atoms with Crippen LogP contribution in [0.3, 0.4) is 0 Å². The summed E-state index contributed by atoms with van der Waals surface area (Å²) in [6.07, 6.45) is 0. The van der Waals surface area contributed by atoms with E-state index in [1.54, 1.807) is 18.2 Å². The molecule has 1 aliphatic heterocycles. The number of benzene rings is 2. The Balaban J connectivity index is 1.65. The minimum absolute atomic E-state index is 0.135. The van der Waals surface area contributed by atoms with Gasteiger partial charge in [0.1, 0.15) is 5.52 Å². The molecule has 4 rings (SSSR count). The highest BCUT2D eigenvalue weighted by atomic mass is 35.5. The third-order valence-corrected chi connectivity index (χ3v) is 6.60. The van der Waals surface area contributed by atoms with Crippen molar-refractivity contribution in [1.82, 2.24) is 9.29 Å². The first-order chi connectivity index (χ1) is 12.9. The van der Waals surface area contributed by atoms with Gasteiger partial charge in [0.25, 0.3) is 6.01 Å². The second kappa shape index (κ2) is 7.29. The van der Waals surface area contributed by atoms with Crippen LogP contribution in [0.5, 0.6) is 0 Å². The summed E-state index contributed by atoms with van der Waals surface area (Å²) in [6, 6.07) is 9.73. The molecule has 27 heavy (non-hydrogen) atoms. The van der Waals surface area contributed by atoms with Crippen LogP contribution in [-0.2, 0) is 14.8 Å². The zero-order valence-electron chi connectivity index (χ0n) is 14.0. The van der Waals surface area contributed by atoms with E-state index in [4.69, 9.17) is 32.4 Å². The van der Waals surface area contributed by atoms with Crippen molar-refractivity contribution in [3.05, 3.63) is 46.4 Å². The number of hydrogen-bond donors (Lipinski definition) is 1. The highest BCUT2D eigenvalue weighted by Crippen LogP contribution is 2.31. The second-order valence-corrected chi connectivity index (χ2v) is 8.70. The molecule has 2 aromatic carbocycles. The summed E-state index contributed by atoms with van der Waals surface area (Å²) in [5.74, 6) is 0. The Bertz CT molecular complexity index is 1090. The summed E-state index contributed by atoms with van der Waals surface area (Å²) in [5.41, 5.74) is 1.51. The van der Waals surface area contributed by atoms with Crippen molar-refractivity contribution < 1.29 is 17.6 Å². The minimum atomic E-state index is -3.64. The Morgan fingerprint density at radius 3 is 2.63 bits per heavy atom. The van der Waals surface area contributed by atoms with E-state index < -0.39 is 10.0 Å². The average Bonchev–Trinajstić information content (AvgIpc) is 3.05. The SMILES string of the molecule is O=S(=O)(c1ccc(Cl)c(Nc2nc3cc(Cl)ccc3o2)c1)N1CCOCC1. The highest BCUT2D eigenvalue weighted by molar-refractivity contribution is 7.89. The Morgan fingerprint density at radius 1 is 1.07 bits per heavy atom. The van der Waals surface area contributed by atoms with Crippen LogP contribution in [0.2, 0.25) is 10.0 Å². The molecule has 0 unspecified atom stereocenters. The van der Waals surface area contributed by atoms with Crippen molar-refractivity contribution >= 4 is 56.0 Å². The van der Waals surface area contributed by atoms with Crippen LogP contribution < -0.4 is 5.32 Å². The predicted molar refractivity (Wildman–Crippen MR) is 103 cm³/mol. The van der Waals surface area contributed by atoms with Crippen LogP contribution in [0, 0.1) is 0 Å². The number of oxazole rings is 1. The number of halogens is 2. The molecule has 0 atom stereocenters. The molecule has 7 nitrogen and oxygen atoms in total. The second-order valence-electron chi connectivity index (χ2n) is 5.91. The van der Waals surface area contributed by atoms with Crippen molar-refractivity contribution in [1.29, 1.82) is 0 Å². The Morgan fingerprint density at radius 2 is 1.85 bits per heavy atom. The summed E-state index contributed by atoms with van der Waals surface area (Å²) >= 11 is 12.2. The van der Waals surface area contributed by atoms with Crippen LogP contribution in [0.25, 0.3) is 11.1 Å². The molecule has 1 aromatic heterocycles. The minimum Gasteiger partial charge on any atom is -0.423 e. The summed E-state index contributed by atoms with van der Waals surface area (Å²) in [7, 11) is -3.64. The van der Waals surface area contributed by atoms with E-state index >= 15 is 0 Å². The van der Waals surface area contributed by atoms with Crippen LogP contribution in [0.1, 0.15) is 0 Å². The van der Waals surface area contributed by atoms with Gasteiger partial charge < -0.3 is 14.5 Å². The Kier molecular flexibility index (Phi) is 5.00. The zero-order chi connectivity index (χ0) is 19.0. The normalized spacial score (nSPS) is 15.9. The average molecular weight is 428 g/mol. The maximum Gasteiger partial charge on any atom is 0.300 e. The molecule has 1 saturated heterocycles. The predicted octanol–water partition coefficient (Wildman–Crippen LogP) is 3.90. The Hall–Kier alpha value is -1.84. The molecule has 0 amide bonds. The van der Waals surface area contributed by atoms with Gasteiger partial charge in [-0.25, -0.2) is 8.42 Å². The Labute approximate surface area is 165 Å².